The van der Waals surface area contributed by atoms with Crippen molar-refractivity contribution in [1.82, 2.24) is 4.98 Å². The third-order valence-electron chi connectivity index (χ3n) is 2.01. The number of alkyl halides is 6. The number of anilines is 1. The first kappa shape index (κ1) is 15.8. The van der Waals surface area contributed by atoms with Crippen molar-refractivity contribution >= 4 is 17.4 Å². The molecule has 3 nitrogen and oxygen atoms in total. The number of hydrogen-bond donors (Lipinski definition) is 2. The van der Waals surface area contributed by atoms with Crippen molar-refractivity contribution in [3.05, 3.63) is 22.8 Å². The molecule has 0 fully saturated rings. The molecule has 19 heavy (non-hydrogen) atoms. The van der Waals surface area contributed by atoms with E-state index in [4.69, 9.17) is 16.7 Å². The van der Waals surface area contributed by atoms with Crippen LogP contribution in [0.3, 0.4) is 0 Å². The first-order valence-electron chi connectivity index (χ1n) is 4.73. The van der Waals surface area contributed by atoms with E-state index in [2.05, 4.69) is 4.98 Å². The van der Waals surface area contributed by atoms with Gasteiger partial charge in [-0.25, -0.2) is 4.98 Å². The zero-order valence-electron chi connectivity index (χ0n) is 8.98. The van der Waals surface area contributed by atoms with E-state index in [9.17, 15) is 26.3 Å². The van der Waals surface area contributed by atoms with E-state index in [0.29, 0.717) is 12.3 Å². The van der Waals surface area contributed by atoms with Gasteiger partial charge in [0.15, 0.2) is 6.10 Å². The Morgan fingerprint density at radius 2 is 1.84 bits per heavy atom. The minimum absolute atomic E-state index is 0.377. The summed E-state index contributed by atoms with van der Waals surface area (Å²) in [5.74, 6) is -0.377. The van der Waals surface area contributed by atoms with Crippen LogP contribution in [-0.2, 0) is 6.18 Å². The quantitative estimate of drug-likeness (QED) is 0.844. The fourth-order valence-electron chi connectivity index (χ4n) is 1.03. The fraction of sp³-hybridized carbons (Fsp3) is 0.444. The molecule has 1 aromatic heterocycles. The van der Waals surface area contributed by atoms with E-state index in [0.717, 1.165) is 0 Å². The second kappa shape index (κ2) is 5.41. The molecule has 2 N–H and O–H groups in total. The summed E-state index contributed by atoms with van der Waals surface area (Å²) in [4.78, 5) is 3.26. The summed E-state index contributed by atoms with van der Waals surface area (Å²) in [6.45, 7) is -0.971. The SMILES string of the molecule is O[C@H](CNc1ncc(C(F)(F)F)cc1Cl)C(F)(F)F. The zero-order chi connectivity index (χ0) is 14.8. The molecule has 10 heteroatoms. The molecule has 0 spiro atoms. The largest absolute Gasteiger partial charge is 0.417 e. The van der Waals surface area contributed by atoms with Crippen molar-refractivity contribution in [3.63, 3.8) is 0 Å². The Morgan fingerprint density at radius 3 is 2.26 bits per heavy atom. The van der Waals surface area contributed by atoms with Crippen LogP contribution in [0.4, 0.5) is 32.2 Å². The summed E-state index contributed by atoms with van der Waals surface area (Å²) in [7, 11) is 0. The number of pyridine rings is 1. The highest BCUT2D eigenvalue weighted by Gasteiger charge is 2.38. The van der Waals surface area contributed by atoms with Crippen molar-refractivity contribution in [2.75, 3.05) is 11.9 Å². The lowest BCUT2D eigenvalue weighted by molar-refractivity contribution is -0.198. The molecule has 1 aromatic rings. The molecular formula is C9H7ClF6N2O. The molecule has 0 aromatic carbocycles. The third kappa shape index (κ3) is 4.43. The fourth-order valence-corrected chi connectivity index (χ4v) is 1.27. The lowest BCUT2D eigenvalue weighted by Gasteiger charge is -2.16. The third-order valence-corrected chi connectivity index (χ3v) is 2.30. The smallest absolute Gasteiger partial charge is 0.382 e. The molecule has 0 radical (unpaired) electrons. The minimum atomic E-state index is -4.84. The topological polar surface area (TPSA) is 45.1 Å². The highest BCUT2D eigenvalue weighted by molar-refractivity contribution is 6.32. The highest BCUT2D eigenvalue weighted by Crippen LogP contribution is 2.32. The Hall–Kier alpha value is -1.22. The molecule has 0 saturated heterocycles. The Kier molecular flexibility index (Phi) is 4.51. The van der Waals surface area contributed by atoms with Gasteiger partial charge >= 0.3 is 12.4 Å². The number of aromatic nitrogens is 1. The molecule has 0 bridgehead atoms. The molecule has 0 aliphatic rings. The standard InChI is InChI=1S/C9H7ClF6N2O/c10-5-1-4(8(11,12)13)2-17-7(5)18-3-6(19)9(14,15)16/h1-2,6,19H,3H2,(H,17,18)/t6-/m1/s1. The van der Waals surface area contributed by atoms with E-state index >= 15 is 0 Å². The molecule has 0 amide bonds. The van der Waals surface area contributed by atoms with Crippen LogP contribution < -0.4 is 5.32 Å². The van der Waals surface area contributed by atoms with Crippen LogP contribution >= 0.6 is 11.6 Å². The van der Waals surface area contributed by atoms with Crippen LogP contribution in [0.5, 0.6) is 0 Å². The van der Waals surface area contributed by atoms with Gasteiger partial charge in [-0.15, -0.1) is 0 Å². The van der Waals surface area contributed by atoms with E-state index < -0.39 is 35.6 Å². The number of halogens is 7. The Balaban J connectivity index is 2.77. The van der Waals surface area contributed by atoms with Crippen LogP contribution in [0.1, 0.15) is 5.56 Å². The normalized spacial score (nSPS) is 14.3. The Labute approximate surface area is 108 Å². The molecule has 0 unspecified atom stereocenters. The first-order valence-corrected chi connectivity index (χ1v) is 5.11. The van der Waals surface area contributed by atoms with Gasteiger partial charge in [-0.2, -0.15) is 26.3 Å². The number of rotatable bonds is 3. The summed E-state index contributed by atoms with van der Waals surface area (Å²) in [6, 6.07) is 0.525. The van der Waals surface area contributed by atoms with Crippen molar-refractivity contribution < 1.29 is 31.4 Å². The van der Waals surface area contributed by atoms with Crippen LogP contribution in [0.2, 0.25) is 5.02 Å². The van der Waals surface area contributed by atoms with E-state index in [-0.39, 0.29) is 5.82 Å². The lowest BCUT2D eigenvalue weighted by Crippen LogP contribution is -2.35. The van der Waals surface area contributed by atoms with Gasteiger partial charge in [0.1, 0.15) is 5.82 Å². The van der Waals surface area contributed by atoms with Crippen LogP contribution in [-0.4, -0.2) is 28.9 Å². The van der Waals surface area contributed by atoms with Gasteiger partial charge in [0.25, 0.3) is 0 Å². The molecule has 1 atom stereocenters. The second-order valence-corrected chi connectivity index (χ2v) is 3.90. The summed E-state index contributed by atoms with van der Waals surface area (Å²) < 4.78 is 72.7. The average molecular weight is 309 g/mol. The van der Waals surface area contributed by atoms with Gasteiger partial charge in [-0.3, -0.25) is 0 Å². The maximum atomic E-state index is 12.3. The van der Waals surface area contributed by atoms with Crippen LogP contribution in [0.15, 0.2) is 12.3 Å². The number of nitrogens with zero attached hydrogens (tertiary/aromatic N) is 1. The molecular weight excluding hydrogens is 302 g/mol. The van der Waals surface area contributed by atoms with Gasteiger partial charge in [0, 0.05) is 6.20 Å². The minimum Gasteiger partial charge on any atom is -0.382 e. The molecule has 1 rings (SSSR count). The maximum absolute atomic E-state index is 12.3. The predicted octanol–water partition coefficient (Wildman–Crippen LogP) is 3.09. The zero-order valence-corrected chi connectivity index (χ0v) is 9.74. The second-order valence-electron chi connectivity index (χ2n) is 3.49. The average Bonchev–Trinajstić information content (AvgIpc) is 2.24. The van der Waals surface area contributed by atoms with E-state index in [1.807, 2.05) is 5.32 Å². The van der Waals surface area contributed by atoms with Crippen LogP contribution in [0, 0.1) is 0 Å². The summed E-state index contributed by atoms with van der Waals surface area (Å²) in [6.07, 6.45) is -11.7. The van der Waals surface area contributed by atoms with E-state index in [1.54, 1.807) is 0 Å². The summed E-state index contributed by atoms with van der Waals surface area (Å²) in [5, 5.41) is 10.2. The van der Waals surface area contributed by atoms with E-state index in [1.165, 1.54) is 0 Å². The predicted molar refractivity (Wildman–Crippen MR) is 54.8 cm³/mol. The molecule has 0 aliphatic carbocycles. The number of hydrogen-bond acceptors (Lipinski definition) is 3. The van der Waals surface area contributed by atoms with Crippen molar-refractivity contribution in [1.29, 1.82) is 0 Å². The molecule has 0 aliphatic heterocycles. The molecule has 108 valence electrons. The van der Waals surface area contributed by atoms with Crippen molar-refractivity contribution in [2.45, 2.75) is 18.5 Å². The molecule has 1 heterocycles. The highest BCUT2D eigenvalue weighted by atomic mass is 35.5. The number of aliphatic hydroxyl groups excluding tert-OH is 1. The first-order chi connectivity index (χ1) is 8.51. The number of aliphatic hydroxyl groups is 1. The summed E-state index contributed by atoms with van der Waals surface area (Å²) in [5.41, 5.74) is -1.13. The van der Waals surface area contributed by atoms with Crippen LogP contribution in [0.25, 0.3) is 0 Å². The van der Waals surface area contributed by atoms with Gasteiger partial charge in [-0.05, 0) is 6.07 Å². The van der Waals surface area contributed by atoms with Crippen molar-refractivity contribution in [3.8, 4) is 0 Å². The Morgan fingerprint density at radius 1 is 1.26 bits per heavy atom. The lowest BCUT2D eigenvalue weighted by atomic mass is 10.2. The van der Waals surface area contributed by atoms with Gasteiger partial charge in [-0.1, -0.05) is 11.6 Å². The Bertz CT molecular complexity index is 447. The van der Waals surface area contributed by atoms with Gasteiger partial charge < -0.3 is 10.4 Å². The van der Waals surface area contributed by atoms with Gasteiger partial charge in [0.05, 0.1) is 17.1 Å². The van der Waals surface area contributed by atoms with Crippen molar-refractivity contribution in [2.24, 2.45) is 0 Å². The monoisotopic (exact) mass is 308 g/mol. The van der Waals surface area contributed by atoms with Gasteiger partial charge in [0.2, 0.25) is 0 Å². The summed E-state index contributed by atoms with van der Waals surface area (Å²) >= 11 is 5.45. The molecule has 0 saturated carbocycles. The number of nitrogens with one attached hydrogen (secondary N) is 1. The maximum Gasteiger partial charge on any atom is 0.417 e.